The van der Waals surface area contributed by atoms with Crippen LogP contribution in [0.1, 0.15) is 49.1 Å². The first-order valence-corrected chi connectivity index (χ1v) is 11.5. The largest absolute Gasteiger partial charge is 0.493 e. The van der Waals surface area contributed by atoms with E-state index in [0.29, 0.717) is 0 Å². The number of amides is 1. The number of carbonyl (C=O) groups is 1. The zero-order valence-corrected chi connectivity index (χ0v) is 18.7. The molecule has 1 aliphatic carbocycles. The summed E-state index contributed by atoms with van der Waals surface area (Å²) in [7, 11) is 0. The SMILES string of the molecule is Cc1cccc(OCCCCn2c(CCCNC(=O)C3CC3)nc3ccccc32)c1C. The third-order valence-corrected chi connectivity index (χ3v) is 6.15. The highest BCUT2D eigenvalue weighted by molar-refractivity contribution is 5.80. The molecule has 0 saturated heterocycles. The summed E-state index contributed by atoms with van der Waals surface area (Å²) < 4.78 is 8.36. The number of benzene rings is 2. The topological polar surface area (TPSA) is 56.1 Å². The Labute approximate surface area is 184 Å². The van der Waals surface area contributed by atoms with Crippen LogP contribution in [0, 0.1) is 19.8 Å². The van der Waals surface area contributed by atoms with Crippen molar-refractivity contribution in [2.24, 2.45) is 5.92 Å². The Morgan fingerprint density at radius 2 is 1.94 bits per heavy atom. The minimum Gasteiger partial charge on any atom is -0.493 e. The molecule has 31 heavy (non-hydrogen) atoms. The van der Waals surface area contributed by atoms with Crippen molar-refractivity contribution in [3.05, 3.63) is 59.4 Å². The van der Waals surface area contributed by atoms with E-state index in [1.165, 1.54) is 16.6 Å². The number of aromatic nitrogens is 2. The number of hydrogen-bond acceptors (Lipinski definition) is 3. The number of hydrogen-bond donors (Lipinski definition) is 1. The number of aryl methyl sites for hydroxylation is 3. The number of carbonyl (C=O) groups excluding carboxylic acids is 1. The molecule has 0 unspecified atom stereocenters. The van der Waals surface area contributed by atoms with Gasteiger partial charge < -0.3 is 14.6 Å². The summed E-state index contributed by atoms with van der Waals surface area (Å²) >= 11 is 0. The van der Waals surface area contributed by atoms with E-state index in [4.69, 9.17) is 9.72 Å². The van der Waals surface area contributed by atoms with E-state index < -0.39 is 0 Å². The molecule has 5 nitrogen and oxygen atoms in total. The number of para-hydroxylation sites is 2. The summed E-state index contributed by atoms with van der Waals surface area (Å²) in [5.41, 5.74) is 4.72. The molecule has 4 rings (SSSR count). The second-order valence-electron chi connectivity index (χ2n) is 8.59. The van der Waals surface area contributed by atoms with Gasteiger partial charge in [0.1, 0.15) is 11.6 Å². The first-order valence-electron chi connectivity index (χ1n) is 11.5. The van der Waals surface area contributed by atoms with Gasteiger partial charge in [-0.2, -0.15) is 0 Å². The molecule has 0 bridgehead atoms. The molecule has 0 radical (unpaired) electrons. The third-order valence-electron chi connectivity index (χ3n) is 6.15. The fourth-order valence-corrected chi connectivity index (χ4v) is 3.95. The summed E-state index contributed by atoms with van der Waals surface area (Å²) in [4.78, 5) is 16.7. The van der Waals surface area contributed by atoms with Gasteiger partial charge in [-0.1, -0.05) is 24.3 Å². The Balaban J connectivity index is 1.30. The summed E-state index contributed by atoms with van der Waals surface area (Å²) in [5.74, 6) is 2.59. The average molecular weight is 420 g/mol. The Morgan fingerprint density at radius 3 is 2.77 bits per heavy atom. The molecule has 0 atom stereocenters. The predicted octanol–water partition coefficient (Wildman–Crippen LogP) is 4.97. The van der Waals surface area contributed by atoms with Crippen LogP contribution >= 0.6 is 0 Å². The van der Waals surface area contributed by atoms with Crippen molar-refractivity contribution in [1.29, 1.82) is 0 Å². The van der Waals surface area contributed by atoms with Crippen LogP contribution in [0.5, 0.6) is 5.75 Å². The molecule has 0 spiro atoms. The first-order chi connectivity index (χ1) is 15.1. The normalized spacial score (nSPS) is 13.5. The van der Waals surface area contributed by atoms with E-state index in [-0.39, 0.29) is 11.8 Å². The molecule has 1 aromatic heterocycles. The second-order valence-corrected chi connectivity index (χ2v) is 8.59. The van der Waals surface area contributed by atoms with Crippen molar-refractivity contribution in [3.63, 3.8) is 0 Å². The molecule has 2 aromatic carbocycles. The van der Waals surface area contributed by atoms with Gasteiger partial charge in [0.05, 0.1) is 17.6 Å². The summed E-state index contributed by atoms with van der Waals surface area (Å²) in [6.07, 6.45) is 5.92. The molecule has 1 saturated carbocycles. The number of fused-ring (bicyclic) bond motifs is 1. The highest BCUT2D eigenvalue weighted by Gasteiger charge is 2.29. The minimum absolute atomic E-state index is 0.220. The van der Waals surface area contributed by atoms with Crippen molar-refractivity contribution in [1.82, 2.24) is 14.9 Å². The number of rotatable bonds is 11. The van der Waals surface area contributed by atoms with Crippen LogP contribution in [0.2, 0.25) is 0 Å². The van der Waals surface area contributed by atoms with Crippen LogP contribution in [0.3, 0.4) is 0 Å². The van der Waals surface area contributed by atoms with E-state index in [1.807, 2.05) is 12.1 Å². The quantitative estimate of drug-likeness (QED) is 0.446. The number of nitrogens with one attached hydrogen (secondary N) is 1. The van der Waals surface area contributed by atoms with Crippen molar-refractivity contribution in [2.75, 3.05) is 13.2 Å². The fourth-order valence-electron chi connectivity index (χ4n) is 3.95. The van der Waals surface area contributed by atoms with Gasteiger partial charge in [-0.25, -0.2) is 4.98 Å². The molecule has 1 N–H and O–H groups in total. The smallest absolute Gasteiger partial charge is 0.223 e. The van der Waals surface area contributed by atoms with Crippen LogP contribution in [0.25, 0.3) is 11.0 Å². The lowest BCUT2D eigenvalue weighted by molar-refractivity contribution is -0.122. The monoisotopic (exact) mass is 419 g/mol. The van der Waals surface area contributed by atoms with Gasteiger partial charge in [-0.15, -0.1) is 0 Å². The van der Waals surface area contributed by atoms with E-state index in [1.54, 1.807) is 0 Å². The molecule has 164 valence electrons. The van der Waals surface area contributed by atoms with Gasteiger partial charge in [0.2, 0.25) is 5.91 Å². The Kier molecular flexibility index (Phi) is 6.90. The van der Waals surface area contributed by atoms with E-state index in [2.05, 4.69) is 54.1 Å². The van der Waals surface area contributed by atoms with Crippen LogP contribution in [0.4, 0.5) is 0 Å². The van der Waals surface area contributed by atoms with Gasteiger partial charge in [0, 0.05) is 25.4 Å². The number of imidazole rings is 1. The Morgan fingerprint density at radius 1 is 1.10 bits per heavy atom. The van der Waals surface area contributed by atoms with Crippen molar-refractivity contribution in [3.8, 4) is 5.75 Å². The highest BCUT2D eigenvalue weighted by atomic mass is 16.5. The Bertz CT molecular complexity index is 1040. The van der Waals surface area contributed by atoms with E-state index in [0.717, 1.165) is 75.3 Å². The van der Waals surface area contributed by atoms with Gasteiger partial charge in [-0.3, -0.25) is 4.79 Å². The van der Waals surface area contributed by atoms with Gasteiger partial charge in [0.25, 0.3) is 0 Å². The lowest BCUT2D eigenvalue weighted by atomic mass is 10.1. The molecule has 1 fully saturated rings. The Hall–Kier alpha value is -2.82. The van der Waals surface area contributed by atoms with Crippen molar-refractivity contribution < 1.29 is 9.53 Å². The number of ether oxygens (including phenoxy) is 1. The fraction of sp³-hybridized carbons (Fsp3) is 0.462. The molecule has 1 heterocycles. The predicted molar refractivity (Wildman–Crippen MR) is 124 cm³/mol. The maximum Gasteiger partial charge on any atom is 0.223 e. The second kappa shape index (κ2) is 9.99. The third kappa shape index (κ3) is 5.46. The summed E-state index contributed by atoms with van der Waals surface area (Å²) in [5, 5.41) is 3.06. The molecule has 5 heteroatoms. The standard InChI is InChI=1S/C26H33N3O2/c1-19-9-7-12-24(20(19)2)31-18-6-5-17-29-23-11-4-3-10-22(23)28-25(29)13-8-16-27-26(30)21-14-15-21/h3-4,7,9-12,21H,5-6,8,13-18H2,1-2H3,(H,27,30). The summed E-state index contributed by atoms with van der Waals surface area (Å²) in [6.45, 7) is 6.61. The lowest BCUT2D eigenvalue weighted by Gasteiger charge is -2.12. The molecule has 1 amide bonds. The maximum absolute atomic E-state index is 11.8. The van der Waals surface area contributed by atoms with Gasteiger partial charge in [0.15, 0.2) is 0 Å². The van der Waals surface area contributed by atoms with Crippen molar-refractivity contribution in [2.45, 2.75) is 58.9 Å². The molecular weight excluding hydrogens is 386 g/mol. The first kappa shape index (κ1) is 21.4. The number of nitrogens with zero attached hydrogens (tertiary/aromatic N) is 2. The lowest BCUT2D eigenvalue weighted by Crippen LogP contribution is -2.26. The molecule has 1 aliphatic rings. The maximum atomic E-state index is 11.8. The molecule has 3 aromatic rings. The van der Waals surface area contributed by atoms with Crippen LogP contribution in [0.15, 0.2) is 42.5 Å². The van der Waals surface area contributed by atoms with Crippen LogP contribution in [-0.2, 0) is 17.8 Å². The zero-order chi connectivity index (χ0) is 21.6. The number of unbranched alkanes of at least 4 members (excludes halogenated alkanes) is 1. The van der Waals surface area contributed by atoms with Crippen LogP contribution in [-0.4, -0.2) is 28.6 Å². The van der Waals surface area contributed by atoms with Gasteiger partial charge in [-0.05, 0) is 75.3 Å². The van der Waals surface area contributed by atoms with E-state index in [9.17, 15) is 4.79 Å². The molecular formula is C26H33N3O2. The minimum atomic E-state index is 0.220. The summed E-state index contributed by atoms with van der Waals surface area (Å²) in [6, 6.07) is 14.5. The average Bonchev–Trinajstić information content (AvgIpc) is 3.57. The molecule has 0 aliphatic heterocycles. The van der Waals surface area contributed by atoms with Crippen molar-refractivity contribution >= 4 is 16.9 Å². The zero-order valence-electron chi connectivity index (χ0n) is 18.7. The highest BCUT2D eigenvalue weighted by Crippen LogP contribution is 2.28. The van der Waals surface area contributed by atoms with Crippen LogP contribution < -0.4 is 10.1 Å². The van der Waals surface area contributed by atoms with E-state index >= 15 is 0 Å². The van der Waals surface area contributed by atoms with Gasteiger partial charge >= 0.3 is 0 Å².